The maximum absolute atomic E-state index is 6.40. The molecule has 2 nitrogen and oxygen atoms in total. The predicted molar refractivity (Wildman–Crippen MR) is 90.7 cm³/mol. The van der Waals surface area contributed by atoms with Gasteiger partial charge in [0.1, 0.15) is 5.01 Å². The molecule has 112 valence electrons. The zero-order valence-corrected chi connectivity index (χ0v) is 14.4. The van der Waals surface area contributed by atoms with E-state index in [-0.39, 0.29) is 6.04 Å². The van der Waals surface area contributed by atoms with Crippen LogP contribution >= 0.6 is 34.5 Å². The van der Waals surface area contributed by atoms with Crippen LogP contribution in [0.3, 0.4) is 0 Å². The van der Waals surface area contributed by atoms with E-state index in [0.717, 1.165) is 16.3 Å². The highest BCUT2D eigenvalue weighted by Crippen LogP contribution is 2.38. The number of nitrogens with one attached hydrogen (secondary N) is 1. The van der Waals surface area contributed by atoms with Crippen molar-refractivity contribution in [1.29, 1.82) is 0 Å². The fourth-order valence-corrected chi connectivity index (χ4v) is 3.91. The van der Waals surface area contributed by atoms with Crippen molar-refractivity contribution in [2.24, 2.45) is 0 Å². The van der Waals surface area contributed by atoms with Gasteiger partial charge < -0.3 is 5.32 Å². The number of hydrogen-bond acceptors (Lipinski definition) is 3. The number of thiazole rings is 1. The minimum absolute atomic E-state index is 0.0174. The number of benzene rings is 1. The van der Waals surface area contributed by atoms with Crippen molar-refractivity contribution in [1.82, 2.24) is 10.3 Å². The maximum Gasteiger partial charge on any atom is 0.115 e. The molecule has 0 saturated heterocycles. The topological polar surface area (TPSA) is 24.9 Å². The van der Waals surface area contributed by atoms with E-state index >= 15 is 0 Å². The third kappa shape index (κ3) is 3.42. The molecule has 5 heteroatoms. The molecule has 1 atom stereocenters. The lowest BCUT2D eigenvalue weighted by atomic mass is 10.1. The number of rotatable bonds is 5. The summed E-state index contributed by atoms with van der Waals surface area (Å²) >= 11 is 14.5. The number of hydrogen-bond donors (Lipinski definition) is 1. The average molecular weight is 341 g/mol. The summed E-state index contributed by atoms with van der Waals surface area (Å²) in [7, 11) is 0. The first kappa shape index (κ1) is 15.3. The minimum Gasteiger partial charge on any atom is -0.301 e. The zero-order valence-electron chi connectivity index (χ0n) is 12.1. The van der Waals surface area contributed by atoms with Crippen LogP contribution in [0.5, 0.6) is 0 Å². The molecule has 0 amide bonds. The van der Waals surface area contributed by atoms with Gasteiger partial charge in [0.2, 0.25) is 0 Å². The predicted octanol–water partition coefficient (Wildman–Crippen LogP) is 5.41. The van der Waals surface area contributed by atoms with E-state index in [9.17, 15) is 0 Å². The van der Waals surface area contributed by atoms with E-state index in [2.05, 4.69) is 24.5 Å². The molecule has 21 heavy (non-hydrogen) atoms. The second kappa shape index (κ2) is 6.25. The Kier molecular flexibility index (Phi) is 4.55. The summed E-state index contributed by atoms with van der Waals surface area (Å²) in [6, 6.07) is 6.19. The third-order valence-corrected chi connectivity index (χ3v) is 5.23. The van der Waals surface area contributed by atoms with Crippen LogP contribution in [0.2, 0.25) is 10.0 Å². The Balaban J connectivity index is 2.00. The van der Waals surface area contributed by atoms with Crippen LogP contribution in [0.1, 0.15) is 54.9 Å². The Hall–Kier alpha value is -0.610. The van der Waals surface area contributed by atoms with Gasteiger partial charge in [0, 0.05) is 27.0 Å². The SMILES string of the molecule is CC(C)c1csc(C(NC2CC2)c2c(Cl)cccc2Cl)n1. The van der Waals surface area contributed by atoms with Gasteiger partial charge in [-0.25, -0.2) is 4.98 Å². The highest BCUT2D eigenvalue weighted by molar-refractivity contribution is 7.09. The average Bonchev–Trinajstić information content (AvgIpc) is 3.11. The number of nitrogens with zero attached hydrogens (tertiary/aromatic N) is 1. The molecule has 1 heterocycles. The molecular formula is C16H18Cl2N2S. The molecule has 0 radical (unpaired) electrons. The summed E-state index contributed by atoms with van der Waals surface area (Å²) in [4.78, 5) is 4.79. The molecule has 1 unspecified atom stereocenters. The summed E-state index contributed by atoms with van der Waals surface area (Å²) in [6.07, 6.45) is 2.42. The maximum atomic E-state index is 6.40. The van der Waals surface area contributed by atoms with Crippen molar-refractivity contribution in [3.63, 3.8) is 0 Å². The van der Waals surface area contributed by atoms with Crippen LogP contribution in [0, 0.1) is 0 Å². The van der Waals surface area contributed by atoms with Crippen LogP contribution in [0.4, 0.5) is 0 Å². The van der Waals surface area contributed by atoms with Crippen LogP contribution in [0.15, 0.2) is 23.6 Å². The van der Waals surface area contributed by atoms with Crippen LogP contribution in [-0.2, 0) is 0 Å². The molecule has 0 aliphatic heterocycles. The number of halogens is 2. The van der Waals surface area contributed by atoms with Gasteiger partial charge in [-0.2, -0.15) is 0 Å². The van der Waals surface area contributed by atoms with Crippen molar-refractivity contribution < 1.29 is 0 Å². The molecule has 1 aromatic carbocycles. The smallest absolute Gasteiger partial charge is 0.115 e. The minimum atomic E-state index is -0.0174. The van der Waals surface area contributed by atoms with Crippen LogP contribution < -0.4 is 5.32 Å². The molecule has 0 spiro atoms. The standard InChI is InChI=1S/C16H18Cl2N2S/c1-9(2)13-8-21-16(20-13)15(19-10-6-7-10)14-11(17)4-3-5-12(14)18/h3-5,8-10,15,19H,6-7H2,1-2H3. The van der Waals surface area contributed by atoms with Gasteiger partial charge in [0.25, 0.3) is 0 Å². The van der Waals surface area contributed by atoms with E-state index in [1.165, 1.54) is 12.8 Å². The highest BCUT2D eigenvalue weighted by atomic mass is 35.5. The lowest BCUT2D eigenvalue weighted by Gasteiger charge is -2.19. The van der Waals surface area contributed by atoms with E-state index in [4.69, 9.17) is 28.2 Å². The first-order chi connectivity index (χ1) is 10.1. The van der Waals surface area contributed by atoms with E-state index in [1.54, 1.807) is 11.3 Å². The van der Waals surface area contributed by atoms with E-state index in [1.807, 2.05) is 18.2 Å². The lowest BCUT2D eigenvalue weighted by Crippen LogP contribution is -2.25. The summed E-state index contributed by atoms with van der Waals surface area (Å²) in [6.45, 7) is 4.31. The zero-order chi connectivity index (χ0) is 15.0. The van der Waals surface area contributed by atoms with Crippen molar-refractivity contribution in [3.05, 3.63) is 49.9 Å². The van der Waals surface area contributed by atoms with Gasteiger partial charge in [-0.05, 0) is 30.9 Å². The Labute approximate surface area is 139 Å². The molecule has 1 aliphatic carbocycles. The van der Waals surface area contributed by atoms with Crippen LogP contribution in [0.25, 0.3) is 0 Å². The molecule has 1 N–H and O–H groups in total. The second-order valence-electron chi connectivity index (χ2n) is 5.77. The van der Waals surface area contributed by atoms with Crippen molar-refractivity contribution in [2.45, 2.75) is 44.7 Å². The normalized spacial score (nSPS) is 16.4. The van der Waals surface area contributed by atoms with Crippen molar-refractivity contribution in [3.8, 4) is 0 Å². The largest absolute Gasteiger partial charge is 0.301 e. The molecule has 1 saturated carbocycles. The molecule has 1 aromatic heterocycles. The van der Waals surface area contributed by atoms with Gasteiger partial charge in [-0.3, -0.25) is 0 Å². The molecular weight excluding hydrogens is 323 g/mol. The Morgan fingerprint density at radius 3 is 2.43 bits per heavy atom. The van der Waals surface area contributed by atoms with E-state index < -0.39 is 0 Å². The van der Waals surface area contributed by atoms with E-state index in [0.29, 0.717) is 22.0 Å². The Bertz CT molecular complexity index is 615. The molecule has 2 aromatic rings. The third-order valence-electron chi connectivity index (χ3n) is 3.65. The lowest BCUT2D eigenvalue weighted by molar-refractivity contribution is 0.595. The summed E-state index contributed by atoms with van der Waals surface area (Å²) in [5, 5.41) is 8.20. The highest BCUT2D eigenvalue weighted by Gasteiger charge is 2.30. The summed E-state index contributed by atoms with van der Waals surface area (Å²) in [5.74, 6) is 0.429. The fourth-order valence-electron chi connectivity index (χ4n) is 2.25. The van der Waals surface area contributed by atoms with Crippen LogP contribution in [-0.4, -0.2) is 11.0 Å². The summed E-state index contributed by atoms with van der Waals surface area (Å²) < 4.78 is 0. The second-order valence-corrected chi connectivity index (χ2v) is 7.48. The molecule has 1 fully saturated rings. The van der Waals surface area contributed by atoms with Gasteiger partial charge in [0.15, 0.2) is 0 Å². The van der Waals surface area contributed by atoms with Gasteiger partial charge in [-0.1, -0.05) is 43.1 Å². The molecule has 0 bridgehead atoms. The van der Waals surface area contributed by atoms with Crippen molar-refractivity contribution in [2.75, 3.05) is 0 Å². The van der Waals surface area contributed by atoms with Gasteiger partial charge in [0.05, 0.1) is 11.7 Å². The van der Waals surface area contributed by atoms with Crippen molar-refractivity contribution >= 4 is 34.5 Å². The quantitative estimate of drug-likeness (QED) is 0.786. The number of aromatic nitrogens is 1. The van der Waals surface area contributed by atoms with Gasteiger partial charge >= 0.3 is 0 Å². The molecule has 1 aliphatic rings. The molecule has 3 rings (SSSR count). The monoisotopic (exact) mass is 340 g/mol. The summed E-state index contributed by atoms with van der Waals surface area (Å²) in [5.41, 5.74) is 2.07. The fraction of sp³-hybridized carbons (Fsp3) is 0.438. The first-order valence-electron chi connectivity index (χ1n) is 7.21. The van der Waals surface area contributed by atoms with Gasteiger partial charge in [-0.15, -0.1) is 11.3 Å². The first-order valence-corrected chi connectivity index (χ1v) is 8.85. The Morgan fingerprint density at radius 2 is 1.90 bits per heavy atom. The Morgan fingerprint density at radius 1 is 1.24 bits per heavy atom.